The fourth-order valence-electron chi connectivity index (χ4n) is 4.56. The van der Waals surface area contributed by atoms with Crippen molar-refractivity contribution in [1.29, 1.82) is 0 Å². The third kappa shape index (κ3) is 4.49. The maximum atomic E-state index is 13.2. The van der Waals surface area contributed by atoms with Crippen LogP contribution in [0.15, 0.2) is 23.1 Å². The van der Waals surface area contributed by atoms with Gasteiger partial charge in [0.25, 0.3) is 0 Å². The fraction of sp³-hybridized carbons (Fsp3) is 0.636. The zero-order valence-corrected chi connectivity index (χ0v) is 19.0. The summed E-state index contributed by atoms with van der Waals surface area (Å²) < 4.78 is 32.8. The molecule has 1 aromatic rings. The van der Waals surface area contributed by atoms with Gasteiger partial charge in [-0.05, 0) is 62.8 Å². The number of nitrogens with one attached hydrogen (secondary N) is 1. The number of amides is 2. The van der Waals surface area contributed by atoms with E-state index in [0.717, 1.165) is 24.1 Å². The molecule has 1 unspecified atom stereocenters. The van der Waals surface area contributed by atoms with E-state index in [9.17, 15) is 18.0 Å². The molecule has 1 saturated carbocycles. The molecule has 0 bridgehead atoms. The monoisotopic (exact) mass is 449 g/mol. The average molecular weight is 450 g/mol. The van der Waals surface area contributed by atoms with Crippen LogP contribution in [-0.2, 0) is 30.8 Å². The minimum absolute atomic E-state index is 0.0407. The fourth-order valence-corrected chi connectivity index (χ4v) is 6.08. The Hall–Kier alpha value is -1.97. The Kier molecular flexibility index (Phi) is 6.37. The number of carbonyl (C=O) groups excluding carboxylic acids is 2. The molecule has 1 N–H and O–H groups in total. The lowest BCUT2D eigenvalue weighted by Gasteiger charge is -2.30. The molecule has 1 saturated heterocycles. The number of hydrogen-bond acceptors (Lipinski definition) is 5. The summed E-state index contributed by atoms with van der Waals surface area (Å²) in [6.45, 7) is 3.58. The van der Waals surface area contributed by atoms with Gasteiger partial charge in [0.15, 0.2) is 0 Å². The van der Waals surface area contributed by atoms with E-state index in [1.807, 2.05) is 11.8 Å². The maximum Gasteiger partial charge on any atom is 0.243 e. The van der Waals surface area contributed by atoms with Gasteiger partial charge in [0, 0.05) is 50.3 Å². The van der Waals surface area contributed by atoms with Crippen molar-refractivity contribution in [2.75, 3.05) is 38.3 Å². The van der Waals surface area contributed by atoms with Crippen LogP contribution in [0.5, 0.6) is 0 Å². The normalized spacial score (nSPS) is 22.4. The summed E-state index contributed by atoms with van der Waals surface area (Å²) in [7, 11) is -2.05. The Morgan fingerprint density at radius 2 is 1.84 bits per heavy atom. The molecule has 1 aromatic carbocycles. The summed E-state index contributed by atoms with van der Waals surface area (Å²) in [5.74, 6) is 0.0738. The Morgan fingerprint density at radius 1 is 1.13 bits per heavy atom. The van der Waals surface area contributed by atoms with Crippen molar-refractivity contribution < 1.29 is 22.7 Å². The van der Waals surface area contributed by atoms with Crippen molar-refractivity contribution in [1.82, 2.24) is 9.62 Å². The van der Waals surface area contributed by atoms with Crippen LogP contribution >= 0.6 is 0 Å². The molecule has 0 spiro atoms. The molecule has 4 rings (SSSR count). The minimum atomic E-state index is -3.63. The van der Waals surface area contributed by atoms with Crippen LogP contribution in [0.1, 0.15) is 38.2 Å². The van der Waals surface area contributed by atoms with E-state index in [-0.39, 0.29) is 34.6 Å². The van der Waals surface area contributed by atoms with Gasteiger partial charge in [0.1, 0.15) is 0 Å². The topological polar surface area (TPSA) is 96.0 Å². The van der Waals surface area contributed by atoms with Gasteiger partial charge in [0.2, 0.25) is 21.8 Å². The van der Waals surface area contributed by atoms with Crippen LogP contribution in [0, 0.1) is 11.8 Å². The first kappa shape index (κ1) is 22.2. The van der Waals surface area contributed by atoms with E-state index in [1.165, 1.54) is 4.31 Å². The molecular formula is C22H31N3O5S. The van der Waals surface area contributed by atoms with Crippen LogP contribution in [0.25, 0.3) is 0 Å². The number of hydrogen-bond donors (Lipinski definition) is 1. The number of piperidine rings is 1. The second-order valence-corrected chi connectivity index (χ2v) is 10.7. The van der Waals surface area contributed by atoms with Crippen molar-refractivity contribution in [2.45, 2.75) is 50.0 Å². The van der Waals surface area contributed by atoms with Gasteiger partial charge in [0.05, 0.1) is 11.5 Å². The van der Waals surface area contributed by atoms with Gasteiger partial charge in [-0.3, -0.25) is 9.59 Å². The summed E-state index contributed by atoms with van der Waals surface area (Å²) in [6.07, 6.45) is 3.57. The lowest BCUT2D eigenvalue weighted by molar-refractivity contribution is -0.126. The number of benzene rings is 1. The molecular weight excluding hydrogens is 418 g/mol. The van der Waals surface area contributed by atoms with Crippen LogP contribution in [-0.4, -0.2) is 63.9 Å². The van der Waals surface area contributed by atoms with E-state index >= 15 is 0 Å². The summed E-state index contributed by atoms with van der Waals surface area (Å²) >= 11 is 0. The van der Waals surface area contributed by atoms with E-state index in [4.69, 9.17) is 4.74 Å². The number of carbonyl (C=O) groups is 2. The molecule has 2 heterocycles. The predicted molar refractivity (Wildman–Crippen MR) is 116 cm³/mol. The summed E-state index contributed by atoms with van der Waals surface area (Å²) in [5.41, 5.74) is 1.75. The molecule has 1 aliphatic carbocycles. The number of ether oxygens (including phenoxy) is 1. The Bertz CT molecular complexity index is 952. The van der Waals surface area contributed by atoms with Gasteiger partial charge < -0.3 is 15.0 Å². The van der Waals surface area contributed by atoms with Crippen LogP contribution in [0.3, 0.4) is 0 Å². The molecule has 9 heteroatoms. The highest BCUT2D eigenvalue weighted by Crippen LogP contribution is 2.40. The number of methoxy groups -OCH3 is 1. The minimum Gasteiger partial charge on any atom is -0.383 e. The lowest BCUT2D eigenvalue weighted by atomic mass is 9.97. The first-order valence-electron chi connectivity index (χ1n) is 11.1. The lowest BCUT2D eigenvalue weighted by Crippen LogP contribution is -2.43. The van der Waals surface area contributed by atoms with Crippen LogP contribution in [0.4, 0.5) is 5.69 Å². The average Bonchev–Trinajstić information content (AvgIpc) is 3.55. The van der Waals surface area contributed by atoms with Crippen LogP contribution < -0.4 is 10.2 Å². The van der Waals surface area contributed by atoms with Crippen LogP contribution in [0.2, 0.25) is 0 Å². The smallest absolute Gasteiger partial charge is 0.243 e. The molecule has 31 heavy (non-hydrogen) atoms. The van der Waals surface area contributed by atoms with Crippen molar-refractivity contribution >= 4 is 27.5 Å². The second-order valence-electron chi connectivity index (χ2n) is 8.79. The van der Waals surface area contributed by atoms with E-state index in [2.05, 4.69) is 5.32 Å². The first-order chi connectivity index (χ1) is 14.8. The second kappa shape index (κ2) is 8.88. The summed E-state index contributed by atoms with van der Waals surface area (Å²) in [5, 5.41) is 2.83. The standard InChI is InChI=1S/C22H31N3O5S/c1-15-13-18-14-19(5-6-20(18)25(15)22(27)17-3-4-17)31(28,29)24-10-7-16(8-11-24)21(26)23-9-12-30-2/h5-6,14-17H,3-4,7-13H2,1-2H3,(H,23,26). The molecule has 0 aromatic heterocycles. The van der Waals surface area contributed by atoms with E-state index in [1.54, 1.807) is 25.3 Å². The van der Waals surface area contributed by atoms with Gasteiger partial charge in [-0.1, -0.05) is 0 Å². The molecule has 2 fully saturated rings. The highest BCUT2D eigenvalue weighted by molar-refractivity contribution is 7.89. The third-order valence-corrected chi connectivity index (χ3v) is 8.39. The van der Waals surface area contributed by atoms with Crippen molar-refractivity contribution in [2.24, 2.45) is 11.8 Å². The van der Waals surface area contributed by atoms with Crippen molar-refractivity contribution in [3.63, 3.8) is 0 Å². The molecule has 8 nitrogen and oxygen atoms in total. The molecule has 2 amide bonds. The number of rotatable bonds is 7. The highest BCUT2D eigenvalue weighted by Gasteiger charge is 2.40. The van der Waals surface area contributed by atoms with Gasteiger partial charge in [-0.15, -0.1) is 0 Å². The molecule has 2 aliphatic heterocycles. The SMILES string of the molecule is COCCNC(=O)C1CCN(S(=O)(=O)c2ccc3c(c2)CC(C)N3C(=O)C2CC2)CC1. The number of sulfonamides is 1. The first-order valence-corrected chi connectivity index (χ1v) is 12.5. The number of anilines is 1. The van der Waals surface area contributed by atoms with Gasteiger partial charge >= 0.3 is 0 Å². The van der Waals surface area contributed by atoms with Crippen molar-refractivity contribution in [3.8, 4) is 0 Å². The van der Waals surface area contributed by atoms with E-state index < -0.39 is 10.0 Å². The molecule has 1 atom stereocenters. The number of fused-ring (bicyclic) bond motifs is 1. The molecule has 3 aliphatic rings. The zero-order valence-electron chi connectivity index (χ0n) is 18.2. The quantitative estimate of drug-likeness (QED) is 0.637. The highest BCUT2D eigenvalue weighted by atomic mass is 32.2. The molecule has 170 valence electrons. The Balaban J connectivity index is 1.43. The summed E-state index contributed by atoms with van der Waals surface area (Å²) in [4.78, 5) is 27.0. The Morgan fingerprint density at radius 3 is 2.48 bits per heavy atom. The Labute approximate surface area is 184 Å². The molecule has 0 radical (unpaired) electrons. The summed E-state index contributed by atoms with van der Waals surface area (Å²) in [6, 6.07) is 5.17. The van der Waals surface area contributed by atoms with Gasteiger partial charge in [-0.25, -0.2) is 8.42 Å². The predicted octanol–water partition coefficient (Wildman–Crippen LogP) is 1.54. The van der Waals surface area contributed by atoms with E-state index in [0.29, 0.717) is 45.5 Å². The zero-order chi connectivity index (χ0) is 22.2. The number of nitrogens with zero attached hydrogens (tertiary/aromatic N) is 2. The van der Waals surface area contributed by atoms with Gasteiger partial charge in [-0.2, -0.15) is 4.31 Å². The largest absolute Gasteiger partial charge is 0.383 e. The third-order valence-electron chi connectivity index (χ3n) is 6.50. The maximum absolute atomic E-state index is 13.2. The van der Waals surface area contributed by atoms with Crippen molar-refractivity contribution in [3.05, 3.63) is 23.8 Å².